The number of piperidine rings is 1. The van der Waals surface area contributed by atoms with Crippen molar-refractivity contribution < 1.29 is 38.1 Å². The van der Waals surface area contributed by atoms with Crippen molar-refractivity contribution in [1.29, 1.82) is 0 Å². The molecule has 0 spiro atoms. The van der Waals surface area contributed by atoms with Gasteiger partial charge in [0, 0.05) is 24.8 Å². The van der Waals surface area contributed by atoms with Gasteiger partial charge in [0.2, 0.25) is 0 Å². The molecule has 1 aromatic carbocycles. The number of ether oxygens (including phenoxy) is 5. The Bertz CT molecular complexity index is 1200. The summed E-state index contributed by atoms with van der Waals surface area (Å²) in [6.07, 6.45) is 33.1. The predicted molar refractivity (Wildman–Crippen MR) is 245 cm³/mol. The van der Waals surface area contributed by atoms with Gasteiger partial charge < -0.3 is 28.6 Å². The lowest BCUT2D eigenvalue weighted by Crippen LogP contribution is -2.31. The van der Waals surface area contributed by atoms with E-state index in [0.717, 1.165) is 146 Å². The van der Waals surface area contributed by atoms with Crippen LogP contribution in [-0.4, -0.2) is 69.4 Å². The van der Waals surface area contributed by atoms with Gasteiger partial charge in [-0.3, -0.25) is 14.4 Å². The molecule has 9 heteroatoms. The maximum atomic E-state index is 12.8. The molecule has 0 unspecified atom stereocenters. The van der Waals surface area contributed by atoms with Crippen LogP contribution in [-0.2, 0) is 35.2 Å². The molecule has 0 aliphatic carbocycles. The highest BCUT2D eigenvalue weighted by atomic mass is 16.5. The van der Waals surface area contributed by atoms with Crippen LogP contribution in [0.1, 0.15) is 218 Å². The number of benzene rings is 1. The van der Waals surface area contributed by atoms with Gasteiger partial charge in [0.05, 0.1) is 26.4 Å². The summed E-state index contributed by atoms with van der Waals surface area (Å²) in [6, 6.07) is 5.87. The van der Waals surface area contributed by atoms with E-state index in [1.165, 1.54) is 64.2 Å². The fraction of sp³-hybridized carbons (Fsp3) is 0.824. The third-order valence-corrected chi connectivity index (χ3v) is 11.8. The number of unbranched alkanes of at least 4 members (excludes halogenated alkanes) is 22. The Morgan fingerprint density at radius 2 is 0.950 bits per heavy atom. The highest BCUT2D eigenvalue weighted by molar-refractivity contribution is 5.70. The molecule has 1 heterocycles. The first-order chi connectivity index (χ1) is 29.4. The van der Waals surface area contributed by atoms with Gasteiger partial charge in [0.15, 0.2) is 0 Å². The van der Waals surface area contributed by atoms with Gasteiger partial charge in [-0.05, 0) is 95.6 Å². The topological polar surface area (TPSA) is 101 Å². The molecule has 1 aliphatic heterocycles. The van der Waals surface area contributed by atoms with E-state index >= 15 is 0 Å². The zero-order valence-corrected chi connectivity index (χ0v) is 38.9. The molecular weight excluding hydrogens is 755 g/mol. The summed E-state index contributed by atoms with van der Waals surface area (Å²) in [7, 11) is 2.13. The lowest BCUT2D eigenvalue weighted by Gasteiger charge is -2.28. The highest BCUT2D eigenvalue weighted by Crippen LogP contribution is 2.27. The lowest BCUT2D eigenvalue weighted by atomic mass is 9.94. The molecule has 346 valence electrons. The molecule has 1 aliphatic rings. The molecule has 0 saturated carbocycles. The second kappa shape index (κ2) is 37.9. The molecule has 0 amide bonds. The van der Waals surface area contributed by atoms with Crippen LogP contribution in [0.15, 0.2) is 18.2 Å². The van der Waals surface area contributed by atoms with Crippen LogP contribution in [0.25, 0.3) is 0 Å². The summed E-state index contributed by atoms with van der Waals surface area (Å²) >= 11 is 0. The number of nitrogens with zero attached hydrogens (tertiary/aromatic N) is 1. The van der Waals surface area contributed by atoms with E-state index in [4.69, 9.17) is 23.7 Å². The Morgan fingerprint density at radius 1 is 0.517 bits per heavy atom. The Kier molecular flexibility index (Phi) is 33.7. The third-order valence-electron chi connectivity index (χ3n) is 11.8. The maximum Gasteiger partial charge on any atom is 0.306 e. The number of esters is 3. The molecule has 0 atom stereocenters. The molecular formula is C51H89NO8. The fourth-order valence-corrected chi connectivity index (χ4v) is 7.78. The third kappa shape index (κ3) is 30.3. The van der Waals surface area contributed by atoms with E-state index in [-0.39, 0.29) is 24.5 Å². The molecule has 1 aromatic rings. The normalized spacial score (nSPS) is 13.3. The second-order valence-electron chi connectivity index (χ2n) is 17.5. The summed E-state index contributed by atoms with van der Waals surface area (Å²) in [5.41, 5.74) is 0.842. The summed E-state index contributed by atoms with van der Waals surface area (Å²) in [4.78, 5) is 39.1. The molecule has 0 radical (unpaired) electrons. The Balaban J connectivity index is 1.61. The average molecular weight is 844 g/mol. The standard InChI is InChI=1S/C51H89NO8/c1-4-6-8-10-12-18-24-30-49(53)58-40-28-22-16-14-20-26-38-56-47-32-33-48(46(43-47)44-60-51(55)42-45-34-36-52(3)37-35-45)57-39-27-21-15-17-23-29-41-59-50(54)31-25-19-13-11-9-7-5-2/h32-33,43,45H,4-31,34-42,44H2,1-3H3. The van der Waals surface area contributed by atoms with E-state index in [9.17, 15) is 14.4 Å². The van der Waals surface area contributed by atoms with Crippen LogP contribution in [0, 0.1) is 5.92 Å². The number of likely N-dealkylation sites (tertiary alicyclic amines) is 1. The summed E-state index contributed by atoms with van der Waals surface area (Å²) in [5.74, 6) is 1.66. The highest BCUT2D eigenvalue weighted by Gasteiger charge is 2.21. The van der Waals surface area contributed by atoms with E-state index in [1.54, 1.807) is 0 Å². The minimum Gasteiger partial charge on any atom is -0.494 e. The van der Waals surface area contributed by atoms with Crippen molar-refractivity contribution >= 4 is 17.9 Å². The molecule has 1 fully saturated rings. The van der Waals surface area contributed by atoms with Crippen LogP contribution < -0.4 is 9.47 Å². The summed E-state index contributed by atoms with van der Waals surface area (Å²) in [6.45, 7) is 9.00. The van der Waals surface area contributed by atoms with Crippen LogP contribution in [0.5, 0.6) is 11.5 Å². The molecule has 0 aromatic heterocycles. The SMILES string of the molecule is CCCCCCCCCC(=O)OCCCCCCCCOc1ccc(OCCCCCCCCOC(=O)CCCCCCCCC)c(COC(=O)CC2CCN(C)CC2)c1. The Labute approximate surface area is 367 Å². The van der Waals surface area contributed by atoms with Gasteiger partial charge >= 0.3 is 17.9 Å². The van der Waals surface area contributed by atoms with Crippen LogP contribution in [0.2, 0.25) is 0 Å². The zero-order valence-electron chi connectivity index (χ0n) is 38.9. The Morgan fingerprint density at radius 3 is 1.45 bits per heavy atom. The van der Waals surface area contributed by atoms with Crippen molar-refractivity contribution in [3.63, 3.8) is 0 Å². The first kappa shape index (κ1) is 53.3. The predicted octanol–water partition coefficient (Wildman–Crippen LogP) is 13.3. The zero-order chi connectivity index (χ0) is 43.1. The molecule has 1 saturated heterocycles. The quantitative estimate of drug-likeness (QED) is 0.0363. The minimum absolute atomic E-state index is 0.0433. The van der Waals surface area contributed by atoms with Gasteiger partial charge in [-0.25, -0.2) is 0 Å². The first-order valence-corrected chi connectivity index (χ1v) is 24.9. The smallest absolute Gasteiger partial charge is 0.306 e. The lowest BCUT2D eigenvalue weighted by molar-refractivity contribution is -0.146. The van der Waals surface area contributed by atoms with Crippen LogP contribution in [0.3, 0.4) is 0 Å². The molecule has 0 N–H and O–H groups in total. The monoisotopic (exact) mass is 844 g/mol. The largest absolute Gasteiger partial charge is 0.494 e. The van der Waals surface area contributed by atoms with Gasteiger partial charge in [-0.15, -0.1) is 0 Å². The van der Waals surface area contributed by atoms with Gasteiger partial charge in [0.25, 0.3) is 0 Å². The summed E-state index contributed by atoms with van der Waals surface area (Å²) < 4.78 is 29.0. The minimum atomic E-state index is -0.147. The van der Waals surface area contributed by atoms with Gasteiger partial charge in [0.1, 0.15) is 18.1 Å². The maximum absolute atomic E-state index is 12.8. The van der Waals surface area contributed by atoms with Crippen LogP contribution in [0.4, 0.5) is 0 Å². The van der Waals surface area contributed by atoms with E-state index in [0.29, 0.717) is 51.6 Å². The number of hydrogen-bond acceptors (Lipinski definition) is 9. The van der Waals surface area contributed by atoms with Crippen molar-refractivity contribution in [3.8, 4) is 11.5 Å². The van der Waals surface area contributed by atoms with Crippen molar-refractivity contribution in [1.82, 2.24) is 4.90 Å². The van der Waals surface area contributed by atoms with Crippen molar-refractivity contribution in [3.05, 3.63) is 23.8 Å². The first-order valence-electron chi connectivity index (χ1n) is 24.9. The van der Waals surface area contributed by atoms with E-state index in [2.05, 4.69) is 25.8 Å². The van der Waals surface area contributed by atoms with Crippen LogP contribution >= 0.6 is 0 Å². The number of carbonyl (C=O) groups excluding carboxylic acids is 3. The van der Waals surface area contributed by atoms with Gasteiger partial charge in [-0.2, -0.15) is 0 Å². The number of rotatable bonds is 40. The van der Waals surface area contributed by atoms with E-state index < -0.39 is 0 Å². The van der Waals surface area contributed by atoms with Crippen molar-refractivity contribution in [2.75, 3.05) is 46.6 Å². The fourth-order valence-electron chi connectivity index (χ4n) is 7.78. The molecule has 2 rings (SSSR count). The van der Waals surface area contributed by atoms with Crippen molar-refractivity contribution in [2.24, 2.45) is 5.92 Å². The number of hydrogen-bond donors (Lipinski definition) is 0. The van der Waals surface area contributed by atoms with Crippen molar-refractivity contribution in [2.45, 2.75) is 219 Å². The second-order valence-corrected chi connectivity index (χ2v) is 17.5. The average Bonchev–Trinajstić information content (AvgIpc) is 3.24. The van der Waals surface area contributed by atoms with E-state index in [1.807, 2.05) is 18.2 Å². The molecule has 0 bridgehead atoms. The molecule has 9 nitrogen and oxygen atoms in total. The van der Waals surface area contributed by atoms with Gasteiger partial charge in [-0.1, -0.05) is 142 Å². The number of carbonyl (C=O) groups is 3. The molecule has 60 heavy (non-hydrogen) atoms. The Hall–Kier alpha value is -2.81. The summed E-state index contributed by atoms with van der Waals surface area (Å²) in [5, 5.41) is 0.